The summed E-state index contributed by atoms with van der Waals surface area (Å²) in [4.78, 5) is 11.2. The van der Waals surface area contributed by atoms with Crippen LogP contribution in [0.5, 0.6) is 0 Å². The summed E-state index contributed by atoms with van der Waals surface area (Å²) in [5.41, 5.74) is 5.17. The first-order valence-electron chi connectivity index (χ1n) is 10.0. The number of hydrogen-bond donors (Lipinski definition) is 1. The summed E-state index contributed by atoms with van der Waals surface area (Å²) in [6, 6.07) is 0. The fourth-order valence-corrected chi connectivity index (χ4v) is 3.27. The van der Waals surface area contributed by atoms with Crippen molar-refractivity contribution in [1.29, 1.82) is 0 Å². The maximum absolute atomic E-state index is 11.2. The molecule has 0 aliphatic rings. The third-order valence-corrected chi connectivity index (χ3v) is 4.94. The average Bonchev–Trinajstić information content (AvgIpc) is 2.59. The predicted octanol–water partition coefficient (Wildman–Crippen LogP) is 4.16. The van der Waals surface area contributed by atoms with E-state index >= 15 is 0 Å². The van der Waals surface area contributed by atoms with Crippen LogP contribution in [0.4, 0.5) is 0 Å². The summed E-state index contributed by atoms with van der Waals surface area (Å²) in [7, 11) is -4.18. The highest BCUT2D eigenvalue weighted by molar-refractivity contribution is 7.45. The van der Waals surface area contributed by atoms with Crippen molar-refractivity contribution in [3.63, 3.8) is 0 Å². The van der Waals surface area contributed by atoms with Gasteiger partial charge in [0.05, 0.1) is 13.2 Å². The van der Waals surface area contributed by atoms with Gasteiger partial charge in [-0.1, -0.05) is 71.1 Å². The Labute approximate surface area is 154 Å². The lowest BCUT2D eigenvalue weighted by Crippen LogP contribution is -2.14. The number of hydrogen-bond acceptors (Lipinski definition) is 6. The van der Waals surface area contributed by atoms with Crippen LogP contribution < -0.4 is 10.6 Å². The molecule has 0 heterocycles. The van der Waals surface area contributed by atoms with Crippen LogP contribution in [-0.4, -0.2) is 33.0 Å². The SMILES string of the molecule is CCCCCCCCCCCCCOCCCOP(=O)([O-])OCCN. The molecule has 0 fully saturated rings. The highest BCUT2D eigenvalue weighted by Gasteiger charge is 2.07. The van der Waals surface area contributed by atoms with E-state index in [2.05, 4.69) is 16.0 Å². The monoisotopic (exact) mass is 380 g/mol. The third kappa shape index (κ3) is 20.2. The lowest BCUT2D eigenvalue weighted by atomic mass is 10.1. The van der Waals surface area contributed by atoms with Gasteiger partial charge < -0.3 is 24.4 Å². The molecule has 0 bridgehead atoms. The number of rotatable bonds is 20. The van der Waals surface area contributed by atoms with Crippen molar-refractivity contribution >= 4 is 7.82 Å². The quantitative estimate of drug-likeness (QED) is 0.252. The zero-order chi connectivity index (χ0) is 18.6. The van der Waals surface area contributed by atoms with E-state index in [4.69, 9.17) is 10.5 Å². The standard InChI is InChI=1S/C18H40NO5P/c1-2-3-4-5-6-7-8-9-10-11-12-15-22-16-13-17-23-25(20,21)24-18-14-19/h2-19H2,1H3,(H,20,21)/p-1. The van der Waals surface area contributed by atoms with Crippen LogP contribution in [0.25, 0.3) is 0 Å². The minimum atomic E-state index is -4.18. The first-order chi connectivity index (χ1) is 12.1. The van der Waals surface area contributed by atoms with Gasteiger partial charge in [-0.25, -0.2) is 0 Å². The molecular formula is C18H39NO5P-. The van der Waals surface area contributed by atoms with E-state index in [0.717, 1.165) is 13.0 Å². The molecule has 1 unspecified atom stereocenters. The summed E-state index contributed by atoms with van der Waals surface area (Å²) in [5.74, 6) is 0. The Morgan fingerprint density at radius 3 is 1.76 bits per heavy atom. The molecule has 0 rings (SSSR count). The van der Waals surface area contributed by atoms with Gasteiger partial charge in [0.2, 0.25) is 0 Å². The van der Waals surface area contributed by atoms with Gasteiger partial charge in [0.1, 0.15) is 0 Å². The summed E-state index contributed by atoms with van der Waals surface area (Å²) in [5, 5.41) is 0. The Kier molecular flexibility index (Phi) is 18.8. The second-order valence-electron chi connectivity index (χ2n) is 6.40. The molecular weight excluding hydrogens is 341 g/mol. The van der Waals surface area contributed by atoms with Gasteiger partial charge in [0.15, 0.2) is 0 Å². The van der Waals surface area contributed by atoms with Gasteiger partial charge in [-0.2, -0.15) is 0 Å². The van der Waals surface area contributed by atoms with Crippen LogP contribution in [-0.2, 0) is 18.3 Å². The molecule has 152 valence electrons. The molecule has 0 aliphatic carbocycles. The molecule has 0 aromatic heterocycles. The Bertz CT molecular complexity index is 318. The van der Waals surface area contributed by atoms with Gasteiger partial charge in [0.25, 0.3) is 7.82 Å². The largest absolute Gasteiger partial charge is 0.756 e. The molecule has 2 N–H and O–H groups in total. The fraction of sp³-hybridized carbons (Fsp3) is 1.00. The molecule has 25 heavy (non-hydrogen) atoms. The minimum absolute atomic E-state index is 0.0455. The van der Waals surface area contributed by atoms with Gasteiger partial charge in [-0.3, -0.25) is 4.57 Å². The van der Waals surface area contributed by atoms with Crippen LogP contribution in [0, 0.1) is 0 Å². The Morgan fingerprint density at radius 2 is 1.20 bits per heavy atom. The van der Waals surface area contributed by atoms with Crippen LogP contribution in [0.15, 0.2) is 0 Å². The number of nitrogens with two attached hydrogens (primary N) is 1. The third-order valence-electron chi connectivity index (χ3n) is 3.94. The Balaban J connectivity index is 3.15. The van der Waals surface area contributed by atoms with Gasteiger partial charge >= 0.3 is 0 Å². The van der Waals surface area contributed by atoms with E-state index in [9.17, 15) is 9.46 Å². The minimum Gasteiger partial charge on any atom is -0.756 e. The summed E-state index contributed by atoms with van der Waals surface area (Å²) in [6.45, 7) is 3.68. The second-order valence-corrected chi connectivity index (χ2v) is 7.81. The average molecular weight is 380 g/mol. The van der Waals surface area contributed by atoms with E-state index in [0.29, 0.717) is 13.0 Å². The summed E-state index contributed by atoms with van der Waals surface area (Å²) in [6.07, 6.45) is 15.0. The zero-order valence-electron chi connectivity index (χ0n) is 16.1. The number of phosphoric ester groups is 1. The number of ether oxygens (including phenoxy) is 1. The summed E-state index contributed by atoms with van der Waals surface area (Å²) < 4.78 is 25.9. The number of phosphoric acid groups is 1. The number of unbranched alkanes of at least 4 members (excludes halogenated alkanes) is 10. The fourth-order valence-electron chi connectivity index (χ4n) is 2.51. The lowest BCUT2D eigenvalue weighted by Gasteiger charge is -2.22. The Morgan fingerprint density at radius 1 is 0.720 bits per heavy atom. The lowest BCUT2D eigenvalue weighted by molar-refractivity contribution is -0.225. The molecule has 0 aromatic rings. The van der Waals surface area contributed by atoms with Gasteiger partial charge in [-0.15, -0.1) is 0 Å². The van der Waals surface area contributed by atoms with Crippen molar-refractivity contribution in [3.05, 3.63) is 0 Å². The molecule has 1 atom stereocenters. The molecule has 0 aliphatic heterocycles. The molecule has 6 nitrogen and oxygen atoms in total. The Hall–Kier alpha value is 0.0300. The molecule has 7 heteroatoms. The first-order valence-corrected chi connectivity index (χ1v) is 11.5. The molecule has 0 radical (unpaired) electrons. The molecule has 0 spiro atoms. The highest BCUT2D eigenvalue weighted by atomic mass is 31.2. The van der Waals surface area contributed by atoms with E-state index in [1.807, 2.05) is 0 Å². The highest BCUT2D eigenvalue weighted by Crippen LogP contribution is 2.37. The topological polar surface area (TPSA) is 93.8 Å². The molecule has 0 saturated carbocycles. The normalized spacial score (nSPS) is 13.9. The maximum atomic E-state index is 11.2. The maximum Gasteiger partial charge on any atom is 0.267 e. The van der Waals surface area contributed by atoms with Crippen LogP contribution in [0.2, 0.25) is 0 Å². The van der Waals surface area contributed by atoms with Gasteiger partial charge in [-0.05, 0) is 12.8 Å². The smallest absolute Gasteiger partial charge is 0.267 e. The van der Waals surface area contributed by atoms with E-state index in [1.165, 1.54) is 64.2 Å². The van der Waals surface area contributed by atoms with Gasteiger partial charge in [0, 0.05) is 19.8 Å². The molecule has 0 aromatic carbocycles. The molecule has 0 saturated heterocycles. The van der Waals surface area contributed by atoms with E-state index in [-0.39, 0.29) is 19.8 Å². The van der Waals surface area contributed by atoms with Crippen molar-refractivity contribution in [3.8, 4) is 0 Å². The van der Waals surface area contributed by atoms with Crippen molar-refractivity contribution in [1.82, 2.24) is 0 Å². The van der Waals surface area contributed by atoms with Crippen LogP contribution >= 0.6 is 7.82 Å². The van der Waals surface area contributed by atoms with Crippen molar-refractivity contribution in [2.75, 3.05) is 33.0 Å². The second kappa shape index (κ2) is 18.8. The molecule has 0 amide bonds. The van der Waals surface area contributed by atoms with Crippen LogP contribution in [0.3, 0.4) is 0 Å². The van der Waals surface area contributed by atoms with Crippen molar-refractivity contribution < 1.29 is 23.2 Å². The van der Waals surface area contributed by atoms with Crippen molar-refractivity contribution in [2.45, 2.75) is 84.0 Å². The first kappa shape index (κ1) is 25.0. The van der Waals surface area contributed by atoms with Crippen LogP contribution in [0.1, 0.15) is 84.0 Å². The van der Waals surface area contributed by atoms with E-state index < -0.39 is 7.82 Å². The predicted molar refractivity (Wildman–Crippen MR) is 100 cm³/mol. The zero-order valence-corrected chi connectivity index (χ0v) is 17.0. The summed E-state index contributed by atoms with van der Waals surface area (Å²) >= 11 is 0. The van der Waals surface area contributed by atoms with Crippen molar-refractivity contribution in [2.24, 2.45) is 5.73 Å². The van der Waals surface area contributed by atoms with E-state index in [1.54, 1.807) is 0 Å².